The molecule has 0 fully saturated rings. The molecule has 0 atom stereocenters. The summed E-state index contributed by atoms with van der Waals surface area (Å²) in [7, 11) is 0. The lowest BCUT2D eigenvalue weighted by Gasteiger charge is -2.13. The Bertz CT molecular complexity index is 414. The van der Waals surface area contributed by atoms with Gasteiger partial charge in [0, 0.05) is 0 Å². The first-order valence-electron chi connectivity index (χ1n) is 5.95. The molecule has 0 N–H and O–H groups in total. The number of alkyl halides is 2. The van der Waals surface area contributed by atoms with Crippen molar-refractivity contribution in [3.63, 3.8) is 0 Å². The van der Waals surface area contributed by atoms with E-state index in [0.29, 0.717) is 18.4 Å². The quantitative estimate of drug-likeness (QED) is 0.674. The second kappa shape index (κ2) is 7.09. The number of ether oxygens (including phenoxy) is 1. The second-order valence-electron chi connectivity index (χ2n) is 3.79. The number of rotatable bonds is 6. The smallest absolute Gasteiger partial charge is 0.270 e. The highest BCUT2D eigenvalue weighted by Gasteiger charge is 2.22. The van der Waals surface area contributed by atoms with Crippen LogP contribution in [0, 0.1) is 5.82 Å². The molecular weight excluding hydrogens is 241 g/mol. The maximum absolute atomic E-state index is 14.0. The van der Waals surface area contributed by atoms with Gasteiger partial charge in [-0.05, 0) is 38.3 Å². The molecule has 0 aliphatic rings. The van der Waals surface area contributed by atoms with E-state index in [-0.39, 0.29) is 12.4 Å². The number of hydrogen-bond acceptors (Lipinski definition) is 1. The van der Waals surface area contributed by atoms with Gasteiger partial charge in [-0.25, -0.2) is 13.2 Å². The van der Waals surface area contributed by atoms with Crippen molar-refractivity contribution < 1.29 is 17.9 Å². The third kappa shape index (κ3) is 3.52. The molecule has 1 rings (SSSR count). The fraction of sp³-hybridized carbons (Fsp3) is 0.429. The summed E-state index contributed by atoms with van der Waals surface area (Å²) in [5, 5.41) is 0. The number of aryl methyl sites for hydroxylation is 1. The summed E-state index contributed by atoms with van der Waals surface area (Å²) in [5.74, 6) is -0.916. The van der Waals surface area contributed by atoms with Crippen LogP contribution in [0.25, 0.3) is 0 Å². The monoisotopic (exact) mass is 258 g/mol. The summed E-state index contributed by atoms with van der Waals surface area (Å²) in [4.78, 5) is 0. The molecule has 0 radical (unpaired) electrons. The Balaban J connectivity index is 3.05. The SMILES string of the molecule is C/C=C/CCc1ccc(OCC)c(C(F)F)c1F. The topological polar surface area (TPSA) is 9.23 Å². The fourth-order valence-corrected chi connectivity index (χ4v) is 1.70. The van der Waals surface area contributed by atoms with Gasteiger partial charge in [0.1, 0.15) is 11.6 Å². The molecule has 0 bridgehead atoms. The van der Waals surface area contributed by atoms with Crippen LogP contribution in [-0.4, -0.2) is 6.61 Å². The molecule has 1 aromatic carbocycles. The van der Waals surface area contributed by atoms with Crippen LogP contribution < -0.4 is 4.74 Å². The number of benzene rings is 1. The van der Waals surface area contributed by atoms with Crippen molar-refractivity contribution >= 4 is 0 Å². The molecule has 18 heavy (non-hydrogen) atoms. The minimum Gasteiger partial charge on any atom is -0.493 e. The van der Waals surface area contributed by atoms with Crippen LogP contribution in [0.5, 0.6) is 5.75 Å². The van der Waals surface area contributed by atoms with Crippen molar-refractivity contribution in [2.24, 2.45) is 0 Å². The van der Waals surface area contributed by atoms with Crippen LogP contribution >= 0.6 is 0 Å². The predicted octanol–water partition coefficient (Wildman–Crippen LogP) is 4.67. The third-order valence-corrected chi connectivity index (χ3v) is 2.55. The van der Waals surface area contributed by atoms with Gasteiger partial charge < -0.3 is 4.74 Å². The lowest BCUT2D eigenvalue weighted by atomic mass is 10.0. The van der Waals surface area contributed by atoms with Crippen LogP contribution in [0.2, 0.25) is 0 Å². The lowest BCUT2D eigenvalue weighted by molar-refractivity contribution is 0.140. The average molecular weight is 258 g/mol. The van der Waals surface area contributed by atoms with Crippen molar-refractivity contribution in [1.29, 1.82) is 0 Å². The Morgan fingerprint density at radius 2 is 2.06 bits per heavy atom. The van der Waals surface area contributed by atoms with Crippen molar-refractivity contribution in [3.8, 4) is 5.75 Å². The minimum absolute atomic E-state index is 0.0696. The van der Waals surface area contributed by atoms with Crippen molar-refractivity contribution in [3.05, 3.63) is 41.2 Å². The molecule has 0 aliphatic heterocycles. The van der Waals surface area contributed by atoms with E-state index in [1.165, 1.54) is 12.1 Å². The molecule has 4 heteroatoms. The molecule has 0 heterocycles. The van der Waals surface area contributed by atoms with E-state index in [1.807, 2.05) is 19.1 Å². The number of allylic oxidation sites excluding steroid dienone is 2. The summed E-state index contributed by atoms with van der Waals surface area (Å²) in [6.45, 7) is 3.77. The first-order chi connectivity index (χ1) is 8.61. The van der Waals surface area contributed by atoms with Gasteiger partial charge in [0.15, 0.2) is 0 Å². The van der Waals surface area contributed by atoms with Crippen LogP contribution in [0.3, 0.4) is 0 Å². The number of halogens is 3. The molecule has 1 aromatic rings. The fourth-order valence-electron chi connectivity index (χ4n) is 1.70. The highest BCUT2D eigenvalue weighted by atomic mass is 19.3. The Hall–Kier alpha value is -1.45. The molecule has 0 saturated carbocycles. The molecular formula is C14H17F3O. The molecule has 1 nitrogen and oxygen atoms in total. The average Bonchev–Trinajstić information content (AvgIpc) is 2.32. The van der Waals surface area contributed by atoms with Crippen molar-refractivity contribution in [1.82, 2.24) is 0 Å². The van der Waals surface area contributed by atoms with Crippen LogP contribution in [0.4, 0.5) is 13.2 Å². The van der Waals surface area contributed by atoms with Crippen molar-refractivity contribution in [2.45, 2.75) is 33.1 Å². The maximum atomic E-state index is 14.0. The van der Waals surface area contributed by atoms with Gasteiger partial charge in [-0.2, -0.15) is 0 Å². The van der Waals surface area contributed by atoms with Gasteiger partial charge in [-0.3, -0.25) is 0 Å². The first kappa shape index (κ1) is 14.6. The largest absolute Gasteiger partial charge is 0.493 e. The molecule has 0 amide bonds. The molecule has 0 aliphatic carbocycles. The summed E-state index contributed by atoms with van der Waals surface area (Å²) >= 11 is 0. The highest BCUT2D eigenvalue weighted by Crippen LogP contribution is 2.33. The zero-order valence-electron chi connectivity index (χ0n) is 10.6. The summed E-state index contributed by atoms with van der Waals surface area (Å²) in [5.41, 5.74) is -0.332. The van der Waals surface area contributed by atoms with E-state index >= 15 is 0 Å². The Kier molecular flexibility index (Phi) is 5.75. The summed E-state index contributed by atoms with van der Waals surface area (Å²) in [6, 6.07) is 2.93. The number of hydrogen-bond donors (Lipinski definition) is 0. The Labute approximate surface area is 105 Å². The van der Waals surface area contributed by atoms with E-state index in [2.05, 4.69) is 0 Å². The summed E-state index contributed by atoms with van der Waals surface area (Å²) in [6.07, 6.45) is 1.89. The molecule has 0 unspecified atom stereocenters. The second-order valence-corrected chi connectivity index (χ2v) is 3.79. The van der Waals surface area contributed by atoms with Gasteiger partial charge in [0.2, 0.25) is 0 Å². The van der Waals surface area contributed by atoms with Gasteiger partial charge in [-0.15, -0.1) is 0 Å². The van der Waals surface area contributed by atoms with Crippen LogP contribution in [-0.2, 0) is 6.42 Å². The van der Waals surface area contributed by atoms with Gasteiger partial charge in [-0.1, -0.05) is 18.2 Å². The normalized spacial score (nSPS) is 11.4. The first-order valence-corrected chi connectivity index (χ1v) is 5.95. The standard InChI is InChI=1S/C14H17F3O/c1-3-5-6-7-10-8-9-11(18-4-2)12(13(10)15)14(16)17/h3,5,8-9,14H,4,6-7H2,1-2H3/b5-3+. The Morgan fingerprint density at radius 1 is 1.33 bits per heavy atom. The van der Waals surface area contributed by atoms with Gasteiger partial charge in [0.25, 0.3) is 6.43 Å². The summed E-state index contributed by atoms with van der Waals surface area (Å²) < 4.78 is 44.7. The van der Waals surface area contributed by atoms with E-state index in [9.17, 15) is 13.2 Å². The minimum atomic E-state index is -2.87. The van der Waals surface area contributed by atoms with Gasteiger partial charge in [0.05, 0.1) is 12.2 Å². The van der Waals surface area contributed by atoms with E-state index in [0.717, 1.165) is 0 Å². The van der Waals surface area contributed by atoms with Gasteiger partial charge >= 0.3 is 0 Å². The van der Waals surface area contributed by atoms with Crippen LogP contribution in [0.15, 0.2) is 24.3 Å². The van der Waals surface area contributed by atoms with E-state index in [1.54, 1.807) is 6.92 Å². The predicted molar refractivity (Wildman–Crippen MR) is 65.7 cm³/mol. The van der Waals surface area contributed by atoms with Crippen molar-refractivity contribution in [2.75, 3.05) is 6.61 Å². The molecule has 0 spiro atoms. The zero-order valence-corrected chi connectivity index (χ0v) is 10.6. The van der Waals surface area contributed by atoms with E-state index in [4.69, 9.17) is 4.74 Å². The zero-order chi connectivity index (χ0) is 13.5. The molecule has 0 aromatic heterocycles. The lowest BCUT2D eigenvalue weighted by Crippen LogP contribution is -2.03. The maximum Gasteiger partial charge on any atom is 0.270 e. The highest BCUT2D eigenvalue weighted by molar-refractivity contribution is 5.40. The van der Waals surface area contributed by atoms with Crippen LogP contribution in [0.1, 0.15) is 37.8 Å². The van der Waals surface area contributed by atoms with E-state index < -0.39 is 17.8 Å². The molecule has 100 valence electrons. The third-order valence-electron chi connectivity index (χ3n) is 2.55. The molecule has 0 saturated heterocycles. The Morgan fingerprint density at radius 3 is 2.61 bits per heavy atom.